The number of para-hydroxylation sites is 1. The van der Waals surface area contributed by atoms with Gasteiger partial charge in [-0.2, -0.15) is 0 Å². The fourth-order valence-corrected chi connectivity index (χ4v) is 2.84. The van der Waals surface area contributed by atoms with Crippen LogP contribution < -0.4 is 10.2 Å². The summed E-state index contributed by atoms with van der Waals surface area (Å²) in [4.78, 5) is 18.9. The Morgan fingerprint density at radius 1 is 1.04 bits per heavy atom. The zero-order valence-electron chi connectivity index (χ0n) is 14.1. The van der Waals surface area contributed by atoms with Gasteiger partial charge in [0.1, 0.15) is 5.82 Å². The molecule has 0 saturated carbocycles. The molecule has 26 heavy (non-hydrogen) atoms. The van der Waals surface area contributed by atoms with Crippen molar-refractivity contribution in [1.82, 2.24) is 4.98 Å². The third-order valence-corrected chi connectivity index (χ3v) is 4.59. The molecule has 6 heteroatoms. The Balaban J connectivity index is 1.75. The maximum absolute atomic E-state index is 12.3. The highest BCUT2D eigenvalue weighted by atomic mass is 35.5. The SMILES string of the molecule is CCN(c1ccccc1)c1ccc(NC(=O)c2ccc(Cl)c(Cl)c2)cn1. The van der Waals surface area contributed by atoms with E-state index in [-0.39, 0.29) is 5.91 Å². The lowest BCUT2D eigenvalue weighted by molar-refractivity contribution is 0.102. The highest BCUT2D eigenvalue weighted by Gasteiger charge is 2.11. The molecule has 0 fully saturated rings. The van der Waals surface area contributed by atoms with Gasteiger partial charge in [0.15, 0.2) is 0 Å². The number of halogens is 2. The number of carbonyl (C=O) groups excluding carboxylic acids is 1. The first-order valence-corrected chi connectivity index (χ1v) is 8.89. The molecule has 0 aliphatic rings. The van der Waals surface area contributed by atoms with Crippen LogP contribution in [-0.4, -0.2) is 17.4 Å². The van der Waals surface area contributed by atoms with Gasteiger partial charge in [0.05, 0.1) is 21.9 Å². The van der Waals surface area contributed by atoms with Crippen molar-refractivity contribution in [3.63, 3.8) is 0 Å². The lowest BCUT2D eigenvalue weighted by Crippen LogP contribution is -2.17. The van der Waals surface area contributed by atoms with Crippen molar-refractivity contribution in [2.45, 2.75) is 6.92 Å². The lowest BCUT2D eigenvalue weighted by atomic mass is 10.2. The second kappa shape index (κ2) is 8.21. The number of anilines is 3. The summed E-state index contributed by atoms with van der Waals surface area (Å²) < 4.78 is 0. The van der Waals surface area contributed by atoms with Crippen LogP contribution in [0.3, 0.4) is 0 Å². The van der Waals surface area contributed by atoms with Crippen molar-refractivity contribution in [2.24, 2.45) is 0 Å². The summed E-state index contributed by atoms with van der Waals surface area (Å²) in [5, 5.41) is 3.56. The van der Waals surface area contributed by atoms with Crippen LogP contribution in [0.4, 0.5) is 17.2 Å². The molecule has 0 saturated heterocycles. The number of hydrogen-bond donors (Lipinski definition) is 1. The fourth-order valence-electron chi connectivity index (χ4n) is 2.55. The minimum Gasteiger partial charge on any atom is -0.327 e. The molecular weight excluding hydrogens is 369 g/mol. The van der Waals surface area contributed by atoms with E-state index < -0.39 is 0 Å². The van der Waals surface area contributed by atoms with Gasteiger partial charge >= 0.3 is 0 Å². The van der Waals surface area contributed by atoms with Gasteiger partial charge in [-0.15, -0.1) is 0 Å². The van der Waals surface area contributed by atoms with Gasteiger partial charge in [-0.1, -0.05) is 41.4 Å². The number of carbonyl (C=O) groups is 1. The molecule has 0 radical (unpaired) electrons. The molecule has 1 heterocycles. The molecule has 0 aliphatic heterocycles. The van der Waals surface area contributed by atoms with Crippen molar-refractivity contribution >= 4 is 46.3 Å². The Kier molecular flexibility index (Phi) is 5.76. The average Bonchev–Trinajstić information content (AvgIpc) is 2.67. The molecule has 3 rings (SSSR count). The lowest BCUT2D eigenvalue weighted by Gasteiger charge is -2.22. The minimum absolute atomic E-state index is 0.270. The summed E-state index contributed by atoms with van der Waals surface area (Å²) in [5.74, 6) is 0.541. The molecular formula is C20H17Cl2N3O. The number of nitrogens with zero attached hydrogens (tertiary/aromatic N) is 2. The monoisotopic (exact) mass is 385 g/mol. The maximum atomic E-state index is 12.3. The van der Waals surface area contributed by atoms with E-state index in [0.29, 0.717) is 21.3 Å². The third-order valence-electron chi connectivity index (χ3n) is 3.85. The topological polar surface area (TPSA) is 45.2 Å². The zero-order chi connectivity index (χ0) is 18.5. The highest BCUT2D eigenvalue weighted by Crippen LogP contribution is 2.25. The van der Waals surface area contributed by atoms with Crippen molar-refractivity contribution in [1.29, 1.82) is 0 Å². The molecule has 132 valence electrons. The summed E-state index contributed by atoms with van der Waals surface area (Å²) >= 11 is 11.8. The molecule has 0 atom stereocenters. The number of benzene rings is 2. The Morgan fingerprint density at radius 2 is 1.81 bits per heavy atom. The number of hydrogen-bond acceptors (Lipinski definition) is 3. The van der Waals surface area contributed by atoms with E-state index in [4.69, 9.17) is 23.2 Å². The van der Waals surface area contributed by atoms with Gasteiger partial charge in [0.25, 0.3) is 5.91 Å². The van der Waals surface area contributed by atoms with Gasteiger partial charge in [-0.05, 0) is 49.4 Å². The maximum Gasteiger partial charge on any atom is 0.255 e. The number of nitrogens with one attached hydrogen (secondary N) is 1. The van der Waals surface area contributed by atoms with Gasteiger partial charge < -0.3 is 10.2 Å². The smallest absolute Gasteiger partial charge is 0.255 e. The first-order valence-electron chi connectivity index (χ1n) is 8.13. The zero-order valence-corrected chi connectivity index (χ0v) is 15.6. The van der Waals surface area contributed by atoms with Gasteiger partial charge in [0, 0.05) is 17.8 Å². The van der Waals surface area contributed by atoms with E-state index in [1.54, 1.807) is 18.3 Å². The Hall–Kier alpha value is -2.56. The second-order valence-corrected chi connectivity index (χ2v) is 6.38. The molecule has 2 aromatic carbocycles. The number of amides is 1. The summed E-state index contributed by atoms with van der Waals surface area (Å²) in [7, 11) is 0. The number of aromatic nitrogens is 1. The third kappa shape index (κ3) is 4.15. The molecule has 4 nitrogen and oxygen atoms in total. The molecule has 1 N–H and O–H groups in total. The Labute approximate surface area is 162 Å². The van der Waals surface area contributed by atoms with Crippen molar-refractivity contribution in [3.05, 3.63) is 82.5 Å². The van der Waals surface area contributed by atoms with E-state index in [1.165, 1.54) is 6.07 Å². The van der Waals surface area contributed by atoms with E-state index in [0.717, 1.165) is 18.1 Å². The van der Waals surface area contributed by atoms with E-state index >= 15 is 0 Å². The predicted molar refractivity (Wildman–Crippen MR) is 108 cm³/mol. The summed E-state index contributed by atoms with van der Waals surface area (Å²) in [6.45, 7) is 2.85. The standard InChI is InChI=1S/C20H17Cl2N3O/c1-2-25(16-6-4-3-5-7-16)19-11-9-15(13-23-19)24-20(26)14-8-10-17(21)18(22)12-14/h3-13H,2H2,1H3,(H,24,26). The van der Waals surface area contributed by atoms with Gasteiger partial charge in [-0.25, -0.2) is 4.98 Å². The summed E-state index contributed by atoms with van der Waals surface area (Å²) in [6.07, 6.45) is 1.64. The van der Waals surface area contributed by atoms with E-state index in [1.807, 2.05) is 42.5 Å². The largest absolute Gasteiger partial charge is 0.327 e. The highest BCUT2D eigenvalue weighted by molar-refractivity contribution is 6.42. The van der Waals surface area contributed by atoms with Crippen LogP contribution in [0.2, 0.25) is 10.0 Å². The molecule has 0 bridgehead atoms. The van der Waals surface area contributed by atoms with Gasteiger partial charge in [0.2, 0.25) is 0 Å². The van der Waals surface area contributed by atoms with E-state index in [9.17, 15) is 4.79 Å². The molecule has 3 aromatic rings. The fraction of sp³-hybridized carbons (Fsp3) is 0.100. The van der Waals surface area contributed by atoms with Crippen molar-refractivity contribution in [3.8, 4) is 0 Å². The molecule has 0 aliphatic carbocycles. The predicted octanol–water partition coefficient (Wildman–Crippen LogP) is 5.80. The number of rotatable bonds is 5. The minimum atomic E-state index is -0.270. The quantitative estimate of drug-likeness (QED) is 0.603. The molecule has 0 spiro atoms. The normalized spacial score (nSPS) is 10.4. The average molecular weight is 386 g/mol. The van der Waals surface area contributed by atoms with Crippen molar-refractivity contribution < 1.29 is 4.79 Å². The Bertz CT molecular complexity index is 899. The molecule has 1 amide bonds. The number of pyridine rings is 1. The molecule has 1 aromatic heterocycles. The first-order chi connectivity index (χ1) is 12.6. The van der Waals surface area contributed by atoms with Crippen molar-refractivity contribution in [2.75, 3.05) is 16.8 Å². The first kappa shape index (κ1) is 18.2. The van der Waals surface area contributed by atoms with Crippen LogP contribution in [0.25, 0.3) is 0 Å². The van der Waals surface area contributed by atoms with Crippen LogP contribution >= 0.6 is 23.2 Å². The van der Waals surface area contributed by atoms with Crippen LogP contribution in [0.15, 0.2) is 66.9 Å². The van der Waals surface area contributed by atoms with Crippen LogP contribution in [-0.2, 0) is 0 Å². The van der Waals surface area contributed by atoms with E-state index in [2.05, 4.69) is 22.1 Å². The van der Waals surface area contributed by atoms with Crippen LogP contribution in [0, 0.1) is 0 Å². The van der Waals surface area contributed by atoms with Crippen LogP contribution in [0.1, 0.15) is 17.3 Å². The van der Waals surface area contributed by atoms with Gasteiger partial charge in [-0.3, -0.25) is 4.79 Å². The molecule has 0 unspecified atom stereocenters. The van der Waals surface area contributed by atoms with Crippen LogP contribution in [0.5, 0.6) is 0 Å². The summed E-state index contributed by atoms with van der Waals surface area (Å²) in [5.41, 5.74) is 2.10. The summed E-state index contributed by atoms with van der Waals surface area (Å²) in [6, 6.07) is 18.5. The Morgan fingerprint density at radius 3 is 2.42 bits per heavy atom. The second-order valence-electron chi connectivity index (χ2n) is 5.57.